The molecule has 1 aromatic heterocycles. The molecular weight excluding hydrogens is 216 g/mol. The van der Waals surface area contributed by atoms with Crippen molar-refractivity contribution in [3.63, 3.8) is 0 Å². The Labute approximate surface area is 103 Å². The first-order valence-electron chi connectivity index (χ1n) is 6.50. The van der Waals surface area contributed by atoms with E-state index >= 15 is 0 Å². The van der Waals surface area contributed by atoms with E-state index in [-0.39, 0.29) is 6.10 Å². The number of nitrogens with zero attached hydrogens (tertiary/aromatic N) is 2. The van der Waals surface area contributed by atoms with Crippen LogP contribution in [0.2, 0.25) is 0 Å². The van der Waals surface area contributed by atoms with Gasteiger partial charge in [-0.3, -0.25) is 4.68 Å². The van der Waals surface area contributed by atoms with Crippen molar-refractivity contribution in [3.05, 3.63) is 18.0 Å². The van der Waals surface area contributed by atoms with Crippen LogP contribution >= 0.6 is 0 Å². The third-order valence-electron chi connectivity index (χ3n) is 3.53. The summed E-state index contributed by atoms with van der Waals surface area (Å²) in [6, 6.07) is 0. The minimum Gasteiger partial charge on any atom is -0.389 e. The largest absolute Gasteiger partial charge is 0.389 e. The number of aromatic nitrogens is 2. The highest BCUT2D eigenvalue weighted by molar-refractivity contribution is 5.09. The summed E-state index contributed by atoms with van der Waals surface area (Å²) in [5.74, 6) is 0. The van der Waals surface area contributed by atoms with E-state index in [1.807, 2.05) is 17.1 Å². The molecule has 2 unspecified atom stereocenters. The van der Waals surface area contributed by atoms with E-state index in [2.05, 4.69) is 18.9 Å². The first-order chi connectivity index (χ1) is 8.15. The molecule has 1 aliphatic heterocycles. The fourth-order valence-corrected chi connectivity index (χ4v) is 2.47. The Kier molecular flexibility index (Phi) is 3.84. The molecule has 1 fully saturated rings. The van der Waals surface area contributed by atoms with Gasteiger partial charge in [-0.25, -0.2) is 0 Å². The van der Waals surface area contributed by atoms with E-state index in [0.29, 0.717) is 13.0 Å². The molecular formula is C13H22N2O2. The van der Waals surface area contributed by atoms with E-state index < -0.39 is 5.60 Å². The van der Waals surface area contributed by atoms with Gasteiger partial charge in [0.05, 0.1) is 17.9 Å². The topological polar surface area (TPSA) is 47.3 Å². The summed E-state index contributed by atoms with van der Waals surface area (Å²) < 4.78 is 7.50. The molecule has 96 valence electrons. The van der Waals surface area contributed by atoms with Gasteiger partial charge in [0.2, 0.25) is 0 Å². The maximum absolute atomic E-state index is 10.6. The van der Waals surface area contributed by atoms with Gasteiger partial charge in [0.1, 0.15) is 0 Å². The van der Waals surface area contributed by atoms with Crippen molar-refractivity contribution in [1.82, 2.24) is 9.78 Å². The maximum atomic E-state index is 10.6. The van der Waals surface area contributed by atoms with E-state index in [0.717, 1.165) is 31.4 Å². The van der Waals surface area contributed by atoms with Crippen molar-refractivity contribution in [2.75, 3.05) is 6.61 Å². The number of ether oxygens (including phenoxy) is 1. The molecule has 2 heterocycles. The summed E-state index contributed by atoms with van der Waals surface area (Å²) in [5, 5.41) is 14.8. The summed E-state index contributed by atoms with van der Waals surface area (Å²) in [7, 11) is 0. The SMILES string of the molecule is CCC1CC(O)(Cc2cnn(CC)c2)CCO1. The summed E-state index contributed by atoms with van der Waals surface area (Å²) in [6.45, 7) is 5.70. The van der Waals surface area contributed by atoms with Gasteiger partial charge in [0.15, 0.2) is 0 Å². The molecule has 0 radical (unpaired) electrons. The Morgan fingerprint density at radius 3 is 3.06 bits per heavy atom. The molecule has 0 saturated carbocycles. The Balaban J connectivity index is 2.00. The molecule has 0 aliphatic carbocycles. The number of aryl methyl sites for hydroxylation is 1. The van der Waals surface area contributed by atoms with E-state index in [4.69, 9.17) is 4.74 Å². The molecule has 0 spiro atoms. The van der Waals surface area contributed by atoms with Crippen LogP contribution in [-0.2, 0) is 17.7 Å². The summed E-state index contributed by atoms with van der Waals surface area (Å²) >= 11 is 0. The highest BCUT2D eigenvalue weighted by Gasteiger charge is 2.34. The Bertz CT molecular complexity index is 364. The lowest BCUT2D eigenvalue weighted by Gasteiger charge is -2.36. The fraction of sp³-hybridized carbons (Fsp3) is 0.769. The minimum atomic E-state index is -0.611. The molecule has 2 atom stereocenters. The third kappa shape index (κ3) is 3.07. The normalized spacial score (nSPS) is 29.5. The highest BCUT2D eigenvalue weighted by atomic mass is 16.5. The van der Waals surface area contributed by atoms with Gasteiger partial charge in [-0.05, 0) is 25.3 Å². The first kappa shape index (κ1) is 12.6. The monoisotopic (exact) mass is 238 g/mol. The average Bonchev–Trinajstić information content (AvgIpc) is 2.76. The van der Waals surface area contributed by atoms with Gasteiger partial charge in [-0.1, -0.05) is 6.92 Å². The molecule has 0 bridgehead atoms. The van der Waals surface area contributed by atoms with Gasteiger partial charge in [0.25, 0.3) is 0 Å². The summed E-state index contributed by atoms with van der Waals surface area (Å²) in [4.78, 5) is 0. The molecule has 1 N–H and O–H groups in total. The number of hydrogen-bond acceptors (Lipinski definition) is 3. The zero-order valence-electron chi connectivity index (χ0n) is 10.7. The van der Waals surface area contributed by atoms with Gasteiger partial charge < -0.3 is 9.84 Å². The van der Waals surface area contributed by atoms with Crippen molar-refractivity contribution in [2.24, 2.45) is 0 Å². The van der Waals surface area contributed by atoms with Crippen LogP contribution in [0.3, 0.4) is 0 Å². The lowest BCUT2D eigenvalue weighted by atomic mass is 9.85. The minimum absolute atomic E-state index is 0.204. The Hall–Kier alpha value is -0.870. The predicted octanol–water partition coefficient (Wildman–Crippen LogP) is 1.77. The van der Waals surface area contributed by atoms with Gasteiger partial charge in [0, 0.05) is 32.2 Å². The molecule has 1 aliphatic rings. The molecule has 0 aromatic carbocycles. The van der Waals surface area contributed by atoms with Crippen LogP contribution in [-0.4, -0.2) is 33.2 Å². The van der Waals surface area contributed by atoms with Crippen LogP contribution < -0.4 is 0 Å². The maximum Gasteiger partial charge on any atom is 0.0735 e. The van der Waals surface area contributed by atoms with Gasteiger partial charge in [-0.2, -0.15) is 5.10 Å². The summed E-state index contributed by atoms with van der Waals surface area (Å²) in [5.41, 5.74) is 0.506. The highest BCUT2D eigenvalue weighted by Crippen LogP contribution is 2.29. The van der Waals surface area contributed by atoms with Crippen LogP contribution in [0.5, 0.6) is 0 Å². The zero-order valence-corrected chi connectivity index (χ0v) is 10.7. The molecule has 4 heteroatoms. The quantitative estimate of drug-likeness (QED) is 0.869. The van der Waals surface area contributed by atoms with Crippen molar-refractivity contribution >= 4 is 0 Å². The van der Waals surface area contributed by atoms with Crippen LogP contribution in [0.1, 0.15) is 38.7 Å². The number of aliphatic hydroxyl groups is 1. The van der Waals surface area contributed by atoms with E-state index in [1.54, 1.807) is 0 Å². The predicted molar refractivity (Wildman–Crippen MR) is 65.8 cm³/mol. The van der Waals surface area contributed by atoms with E-state index in [1.165, 1.54) is 0 Å². The van der Waals surface area contributed by atoms with E-state index in [9.17, 15) is 5.11 Å². The van der Waals surface area contributed by atoms with Crippen molar-refractivity contribution < 1.29 is 9.84 Å². The second-order valence-corrected chi connectivity index (χ2v) is 4.96. The zero-order chi connectivity index (χ0) is 12.3. The fourth-order valence-electron chi connectivity index (χ4n) is 2.47. The lowest BCUT2D eigenvalue weighted by Crippen LogP contribution is -2.42. The average molecular weight is 238 g/mol. The first-order valence-corrected chi connectivity index (χ1v) is 6.50. The van der Waals surface area contributed by atoms with Crippen LogP contribution in [0.25, 0.3) is 0 Å². The lowest BCUT2D eigenvalue weighted by molar-refractivity contribution is -0.103. The van der Waals surface area contributed by atoms with Crippen LogP contribution in [0.15, 0.2) is 12.4 Å². The molecule has 1 saturated heterocycles. The van der Waals surface area contributed by atoms with Gasteiger partial charge >= 0.3 is 0 Å². The van der Waals surface area contributed by atoms with Crippen molar-refractivity contribution in [2.45, 2.75) is 57.8 Å². The molecule has 0 amide bonds. The number of hydrogen-bond donors (Lipinski definition) is 1. The molecule has 17 heavy (non-hydrogen) atoms. The Morgan fingerprint density at radius 1 is 1.59 bits per heavy atom. The summed E-state index contributed by atoms with van der Waals surface area (Å²) in [6.07, 6.45) is 7.20. The molecule has 2 rings (SSSR count). The van der Waals surface area contributed by atoms with Crippen LogP contribution in [0.4, 0.5) is 0 Å². The smallest absolute Gasteiger partial charge is 0.0735 e. The molecule has 1 aromatic rings. The van der Waals surface area contributed by atoms with Crippen molar-refractivity contribution in [3.8, 4) is 0 Å². The van der Waals surface area contributed by atoms with Gasteiger partial charge in [-0.15, -0.1) is 0 Å². The standard InChI is InChI=1S/C13H22N2O2/c1-3-12-8-13(16,5-6-17-12)7-11-9-14-15(4-2)10-11/h9-10,12,16H,3-8H2,1-2H3. The van der Waals surface area contributed by atoms with Crippen LogP contribution in [0, 0.1) is 0 Å². The number of rotatable bonds is 4. The Morgan fingerprint density at radius 2 is 2.41 bits per heavy atom. The van der Waals surface area contributed by atoms with Crippen molar-refractivity contribution in [1.29, 1.82) is 0 Å². The molecule has 4 nitrogen and oxygen atoms in total. The second-order valence-electron chi connectivity index (χ2n) is 4.96. The second kappa shape index (κ2) is 5.19. The third-order valence-corrected chi connectivity index (χ3v) is 3.53.